The zero-order chi connectivity index (χ0) is 17.0. The number of nitrogens with one attached hydrogen (secondary N) is 1. The van der Waals surface area contributed by atoms with Crippen LogP contribution in [0.3, 0.4) is 0 Å². The fourth-order valence-electron chi connectivity index (χ4n) is 2.13. The van der Waals surface area contributed by atoms with Crippen LogP contribution < -0.4 is 5.32 Å². The van der Waals surface area contributed by atoms with Gasteiger partial charge in [0, 0.05) is 17.8 Å². The molecule has 0 saturated carbocycles. The van der Waals surface area contributed by atoms with Gasteiger partial charge in [-0.05, 0) is 32.9 Å². The molecule has 0 bridgehead atoms. The first-order chi connectivity index (χ1) is 11.0. The summed E-state index contributed by atoms with van der Waals surface area (Å²) in [5.74, 6) is -1.18. The van der Waals surface area contributed by atoms with Gasteiger partial charge >= 0.3 is 5.97 Å². The number of rotatable bonds is 6. The highest BCUT2D eigenvalue weighted by molar-refractivity contribution is 6.01. The molecule has 23 heavy (non-hydrogen) atoms. The van der Waals surface area contributed by atoms with Crippen LogP contribution in [0.1, 0.15) is 41.5 Å². The Bertz CT molecular complexity index is 738. The SMILES string of the molecule is CCOC(=O)[C@H](C)[C@H](C)NC(=O)c1cnn2ccc(C=O)cc12. The van der Waals surface area contributed by atoms with E-state index in [1.165, 1.54) is 10.7 Å². The topological polar surface area (TPSA) is 89.8 Å². The summed E-state index contributed by atoms with van der Waals surface area (Å²) in [5.41, 5.74) is 1.33. The van der Waals surface area contributed by atoms with E-state index in [-0.39, 0.29) is 11.9 Å². The Morgan fingerprint density at radius 2 is 2.17 bits per heavy atom. The van der Waals surface area contributed by atoms with Gasteiger partial charge in [0.05, 0.1) is 29.8 Å². The molecule has 1 N–H and O–H groups in total. The Labute approximate surface area is 133 Å². The molecule has 0 unspecified atom stereocenters. The van der Waals surface area contributed by atoms with E-state index in [4.69, 9.17) is 4.74 Å². The molecule has 0 aliphatic heterocycles. The molecule has 1 amide bonds. The van der Waals surface area contributed by atoms with Crippen molar-refractivity contribution in [3.8, 4) is 0 Å². The van der Waals surface area contributed by atoms with Crippen molar-refractivity contribution in [2.24, 2.45) is 5.92 Å². The van der Waals surface area contributed by atoms with Crippen LogP contribution in [0.15, 0.2) is 24.5 Å². The second-order valence-electron chi connectivity index (χ2n) is 5.27. The van der Waals surface area contributed by atoms with Crippen LogP contribution in [-0.2, 0) is 9.53 Å². The maximum absolute atomic E-state index is 12.4. The third-order valence-electron chi connectivity index (χ3n) is 3.69. The van der Waals surface area contributed by atoms with E-state index in [0.29, 0.717) is 29.5 Å². The first kappa shape index (κ1) is 16.7. The average Bonchev–Trinajstić information content (AvgIpc) is 2.97. The highest BCUT2D eigenvalue weighted by Crippen LogP contribution is 2.13. The Balaban J connectivity index is 2.17. The van der Waals surface area contributed by atoms with Crippen molar-refractivity contribution < 1.29 is 19.1 Å². The van der Waals surface area contributed by atoms with E-state index in [0.717, 1.165) is 0 Å². The number of pyridine rings is 1. The fraction of sp³-hybridized carbons (Fsp3) is 0.375. The Kier molecular flexibility index (Phi) is 5.10. The first-order valence-electron chi connectivity index (χ1n) is 7.38. The summed E-state index contributed by atoms with van der Waals surface area (Å²) >= 11 is 0. The molecule has 2 rings (SSSR count). The second-order valence-corrected chi connectivity index (χ2v) is 5.27. The van der Waals surface area contributed by atoms with Gasteiger partial charge in [-0.2, -0.15) is 5.10 Å². The zero-order valence-electron chi connectivity index (χ0n) is 13.3. The number of fused-ring (bicyclic) bond motifs is 1. The minimum Gasteiger partial charge on any atom is -0.466 e. The average molecular weight is 317 g/mol. The number of hydrogen-bond acceptors (Lipinski definition) is 5. The summed E-state index contributed by atoms with van der Waals surface area (Å²) in [6, 6.07) is 2.81. The second kappa shape index (κ2) is 7.04. The lowest BCUT2D eigenvalue weighted by molar-refractivity contribution is -0.148. The van der Waals surface area contributed by atoms with Crippen LogP contribution in [0.4, 0.5) is 0 Å². The standard InChI is InChI=1S/C16H19N3O4/c1-4-23-16(22)10(2)11(3)18-15(21)13-8-17-19-6-5-12(9-20)7-14(13)19/h5-11H,4H2,1-3H3,(H,18,21)/t10-,11+/m1/s1. The molecule has 2 atom stereocenters. The van der Waals surface area contributed by atoms with Crippen molar-refractivity contribution in [2.45, 2.75) is 26.8 Å². The summed E-state index contributed by atoms with van der Waals surface area (Å²) in [6.07, 6.45) is 3.75. The number of ether oxygens (including phenoxy) is 1. The van der Waals surface area contributed by atoms with Crippen LogP contribution in [0.25, 0.3) is 5.52 Å². The number of aromatic nitrogens is 2. The predicted octanol–water partition coefficient (Wildman–Crippen LogP) is 1.46. The first-order valence-corrected chi connectivity index (χ1v) is 7.38. The molecule has 0 fully saturated rings. The summed E-state index contributed by atoms with van der Waals surface area (Å²) in [6.45, 7) is 5.47. The van der Waals surface area contributed by atoms with E-state index >= 15 is 0 Å². The molecule has 0 aliphatic carbocycles. The normalized spacial score (nSPS) is 13.3. The van der Waals surface area contributed by atoms with Crippen LogP contribution in [-0.4, -0.2) is 40.4 Å². The van der Waals surface area contributed by atoms with Gasteiger partial charge in [-0.15, -0.1) is 0 Å². The van der Waals surface area contributed by atoms with E-state index in [1.807, 2.05) is 0 Å². The highest BCUT2D eigenvalue weighted by Gasteiger charge is 2.24. The lowest BCUT2D eigenvalue weighted by atomic mass is 10.0. The van der Waals surface area contributed by atoms with Gasteiger partial charge in [0.2, 0.25) is 0 Å². The minimum atomic E-state index is -0.466. The zero-order valence-corrected chi connectivity index (χ0v) is 13.3. The van der Waals surface area contributed by atoms with Crippen LogP contribution in [0, 0.1) is 5.92 Å². The fourth-order valence-corrected chi connectivity index (χ4v) is 2.13. The third-order valence-corrected chi connectivity index (χ3v) is 3.69. The number of nitrogens with zero attached hydrogens (tertiary/aromatic N) is 2. The van der Waals surface area contributed by atoms with Gasteiger partial charge in [-0.3, -0.25) is 14.4 Å². The van der Waals surface area contributed by atoms with Crippen LogP contribution >= 0.6 is 0 Å². The lowest BCUT2D eigenvalue weighted by Gasteiger charge is -2.19. The minimum absolute atomic E-state index is 0.298. The molecule has 2 aromatic heterocycles. The molecular formula is C16H19N3O4. The van der Waals surface area contributed by atoms with Gasteiger partial charge in [-0.1, -0.05) is 0 Å². The molecule has 7 heteroatoms. The molecule has 0 saturated heterocycles. The van der Waals surface area contributed by atoms with Gasteiger partial charge < -0.3 is 10.1 Å². The number of amides is 1. The molecule has 0 spiro atoms. The van der Waals surface area contributed by atoms with Gasteiger partial charge in [0.25, 0.3) is 5.91 Å². The van der Waals surface area contributed by atoms with E-state index < -0.39 is 12.0 Å². The Hall–Kier alpha value is -2.70. The molecule has 2 aromatic rings. The third kappa shape index (κ3) is 3.56. The van der Waals surface area contributed by atoms with Crippen molar-refractivity contribution >= 4 is 23.7 Å². The van der Waals surface area contributed by atoms with Crippen molar-refractivity contribution in [3.63, 3.8) is 0 Å². The molecule has 0 aromatic carbocycles. The maximum Gasteiger partial charge on any atom is 0.310 e. The Morgan fingerprint density at radius 1 is 1.43 bits per heavy atom. The van der Waals surface area contributed by atoms with Crippen molar-refractivity contribution in [3.05, 3.63) is 35.7 Å². The van der Waals surface area contributed by atoms with Gasteiger partial charge in [-0.25, -0.2) is 4.52 Å². The quantitative estimate of drug-likeness (QED) is 0.643. The molecule has 2 heterocycles. The number of carbonyl (C=O) groups is 3. The summed E-state index contributed by atoms with van der Waals surface area (Å²) < 4.78 is 6.47. The number of esters is 1. The predicted molar refractivity (Wildman–Crippen MR) is 83.3 cm³/mol. The summed E-state index contributed by atoms with van der Waals surface area (Å²) in [5, 5.41) is 6.85. The molecule has 122 valence electrons. The summed E-state index contributed by atoms with van der Waals surface area (Å²) in [4.78, 5) is 35.0. The largest absolute Gasteiger partial charge is 0.466 e. The maximum atomic E-state index is 12.4. The van der Waals surface area contributed by atoms with E-state index in [1.54, 1.807) is 39.1 Å². The van der Waals surface area contributed by atoms with Gasteiger partial charge in [0.15, 0.2) is 0 Å². The Morgan fingerprint density at radius 3 is 2.83 bits per heavy atom. The summed E-state index contributed by atoms with van der Waals surface area (Å²) in [7, 11) is 0. The smallest absolute Gasteiger partial charge is 0.310 e. The van der Waals surface area contributed by atoms with Crippen LogP contribution in [0.2, 0.25) is 0 Å². The lowest BCUT2D eigenvalue weighted by Crippen LogP contribution is -2.40. The monoisotopic (exact) mass is 317 g/mol. The van der Waals surface area contributed by atoms with Crippen molar-refractivity contribution in [1.82, 2.24) is 14.9 Å². The molecular weight excluding hydrogens is 298 g/mol. The van der Waals surface area contributed by atoms with Crippen molar-refractivity contribution in [2.75, 3.05) is 6.61 Å². The van der Waals surface area contributed by atoms with E-state index in [2.05, 4.69) is 10.4 Å². The number of hydrogen-bond donors (Lipinski definition) is 1. The van der Waals surface area contributed by atoms with E-state index in [9.17, 15) is 14.4 Å². The highest BCUT2D eigenvalue weighted by atomic mass is 16.5. The molecule has 0 radical (unpaired) electrons. The van der Waals surface area contributed by atoms with Crippen molar-refractivity contribution in [1.29, 1.82) is 0 Å². The number of aldehydes is 1. The molecule has 0 aliphatic rings. The number of carbonyl (C=O) groups excluding carboxylic acids is 3. The van der Waals surface area contributed by atoms with Crippen LogP contribution in [0.5, 0.6) is 0 Å². The molecule has 7 nitrogen and oxygen atoms in total. The van der Waals surface area contributed by atoms with Gasteiger partial charge in [0.1, 0.15) is 6.29 Å².